The highest BCUT2D eigenvalue weighted by molar-refractivity contribution is 4.96. The predicted octanol–water partition coefficient (Wildman–Crippen LogP) is 10.4. The van der Waals surface area contributed by atoms with Crippen LogP contribution in [0, 0.1) is 0 Å². The summed E-state index contributed by atoms with van der Waals surface area (Å²) >= 11 is 0. The highest BCUT2D eigenvalue weighted by Gasteiger charge is 2.77. The summed E-state index contributed by atoms with van der Waals surface area (Å²) in [4.78, 5) is 0. The molecular formula is C17H21F17O2. The molecule has 220 valence electrons. The van der Waals surface area contributed by atoms with E-state index >= 15 is 0 Å². The molecule has 0 saturated heterocycles. The molecule has 0 radical (unpaired) electrons. The maximum Gasteiger partial charge on any atom is 0.458 e. The SMILES string of the molecule is C.C.C=C(F)C(F)(F)OC(F)(C(F)(F)F)C(F)(F)OC.C=C(F)F.C=C(F)F.C=C(F)F.C=C(F)F. The normalized spacial score (nSPS) is 11.6. The highest BCUT2D eigenvalue weighted by atomic mass is 19.4. The summed E-state index contributed by atoms with van der Waals surface area (Å²) in [6.07, 6.45) is -25.4. The zero-order valence-corrected chi connectivity index (χ0v) is 16.3. The Morgan fingerprint density at radius 1 is 0.528 bits per heavy atom. The van der Waals surface area contributed by atoms with E-state index < -0.39 is 54.4 Å². The summed E-state index contributed by atoms with van der Waals surface area (Å²) in [6.45, 7) is 10.7. The summed E-state index contributed by atoms with van der Waals surface area (Å²) < 4.78 is 197. The van der Waals surface area contributed by atoms with Crippen molar-refractivity contribution < 1.29 is 84.1 Å². The number of hydrogen-bond acceptors (Lipinski definition) is 2. The van der Waals surface area contributed by atoms with Gasteiger partial charge in [0.05, 0.1) is 0 Å². The Bertz CT molecular complexity index is 594. The van der Waals surface area contributed by atoms with Crippen molar-refractivity contribution in [3.63, 3.8) is 0 Å². The van der Waals surface area contributed by atoms with Crippen molar-refractivity contribution in [3.05, 3.63) is 63.0 Å². The molecule has 36 heavy (non-hydrogen) atoms. The molecule has 0 aromatic rings. The van der Waals surface area contributed by atoms with Crippen LogP contribution in [0.5, 0.6) is 0 Å². The molecule has 0 amide bonds. The molecule has 1 atom stereocenters. The lowest BCUT2D eigenvalue weighted by atomic mass is 10.2. The van der Waals surface area contributed by atoms with Gasteiger partial charge in [-0.25, -0.2) is 4.39 Å². The second-order valence-corrected chi connectivity index (χ2v) is 4.19. The van der Waals surface area contributed by atoms with Crippen molar-refractivity contribution in [2.24, 2.45) is 0 Å². The average Bonchev–Trinajstić information content (AvgIpc) is 2.50. The monoisotopic (exact) mass is 580 g/mol. The zero-order valence-electron chi connectivity index (χ0n) is 16.3. The fourth-order valence-electron chi connectivity index (χ4n) is 0.646. The summed E-state index contributed by atoms with van der Waals surface area (Å²) in [5.41, 5.74) is 0. The number of halogens is 17. The molecule has 0 saturated carbocycles. The standard InChI is InChI=1S/C7H5F9O2.4C2H2F2.2CH4/c1-3(8)4(9,10)18-5(11,6(12,13)14)7(15,16)17-2;4*1-2(3)4;;/h1H2,2H3;4*1H2;2*1H4. The lowest BCUT2D eigenvalue weighted by Crippen LogP contribution is -2.60. The first-order chi connectivity index (χ1) is 14.6. The van der Waals surface area contributed by atoms with Gasteiger partial charge in [0, 0.05) is 7.11 Å². The van der Waals surface area contributed by atoms with Crippen LogP contribution >= 0.6 is 0 Å². The minimum Gasteiger partial charge on any atom is -0.319 e. The number of ether oxygens (including phenoxy) is 2. The Morgan fingerprint density at radius 2 is 0.722 bits per heavy atom. The minimum atomic E-state index is -6.62. The van der Waals surface area contributed by atoms with Gasteiger partial charge in [0.2, 0.25) is 0 Å². The van der Waals surface area contributed by atoms with E-state index in [1.165, 1.54) is 0 Å². The highest BCUT2D eigenvalue weighted by Crippen LogP contribution is 2.50. The molecule has 0 aromatic heterocycles. The van der Waals surface area contributed by atoms with Gasteiger partial charge in [0.25, 0.3) is 24.3 Å². The van der Waals surface area contributed by atoms with Gasteiger partial charge in [-0.2, -0.15) is 70.2 Å². The second kappa shape index (κ2) is 21.7. The number of rotatable bonds is 5. The van der Waals surface area contributed by atoms with Gasteiger partial charge in [-0.1, -0.05) is 21.4 Å². The van der Waals surface area contributed by atoms with Crippen molar-refractivity contribution in [2.75, 3.05) is 7.11 Å². The third-order valence-corrected chi connectivity index (χ3v) is 1.58. The Labute approximate surface area is 194 Å². The van der Waals surface area contributed by atoms with Gasteiger partial charge in [0.1, 0.15) is 0 Å². The molecule has 0 aliphatic heterocycles. The molecule has 0 bridgehead atoms. The fourth-order valence-corrected chi connectivity index (χ4v) is 0.646. The molecule has 0 aliphatic carbocycles. The summed E-state index contributed by atoms with van der Waals surface area (Å²) in [5, 5.41) is 0. The van der Waals surface area contributed by atoms with E-state index in [2.05, 4.69) is 35.8 Å². The van der Waals surface area contributed by atoms with Crippen molar-refractivity contribution in [1.82, 2.24) is 0 Å². The van der Waals surface area contributed by atoms with Crippen molar-refractivity contribution in [2.45, 2.75) is 39.1 Å². The molecule has 0 aliphatic rings. The molecule has 19 heteroatoms. The van der Waals surface area contributed by atoms with Crippen LogP contribution in [0.3, 0.4) is 0 Å². The first kappa shape index (κ1) is 50.3. The molecular weight excluding hydrogens is 559 g/mol. The molecule has 0 N–H and O–H groups in total. The van der Waals surface area contributed by atoms with Crippen molar-refractivity contribution >= 4 is 0 Å². The molecule has 2 nitrogen and oxygen atoms in total. The maximum absolute atomic E-state index is 13.0. The van der Waals surface area contributed by atoms with Crippen LogP contribution in [0.25, 0.3) is 0 Å². The van der Waals surface area contributed by atoms with E-state index in [4.69, 9.17) is 0 Å². The smallest absolute Gasteiger partial charge is 0.319 e. The number of alkyl halides is 8. The topological polar surface area (TPSA) is 18.5 Å². The number of hydrogen-bond donors (Lipinski definition) is 0. The van der Waals surface area contributed by atoms with Crippen LogP contribution in [-0.2, 0) is 9.47 Å². The lowest BCUT2D eigenvalue weighted by Gasteiger charge is -2.34. The molecule has 0 spiro atoms. The van der Waals surface area contributed by atoms with Gasteiger partial charge >= 0.3 is 24.2 Å². The summed E-state index contributed by atoms with van der Waals surface area (Å²) in [6, 6.07) is 0. The van der Waals surface area contributed by atoms with E-state index in [9.17, 15) is 74.6 Å². The molecule has 1 unspecified atom stereocenters. The van der Waals surface area contributed by atoms with E-state index in [1.54, 1.807) is 0 Å². The molecule has 0 aromatic carbocycles. The van der Waals surface area contributed by atoms with Gasteiger partial charge < -0.3 is 4.74 Å². The first-order valence-corrected chi connectivity index (χ1v) is 6.75. The van der Waals surface area contributed by atoms with E-state index in [0.29, 0.717) is 0 Å². The van der Waals surface area contributed by atoms with Gasteiger partial charge in [-0.05, 0) is 26.3 Å². The van der Waals surface area contributed by atoms with Crippen molar-refractivity contribution in [1.29, 1.82) is 0 Å². The Morgan fingerprint density at radius 3 is 0.833 bits per heavy atom. The van der Waals surface area contributed by atoms with Crippen LogP contribution in [0.1, 0.15) is 14.9 Å². The first-order valence-electron chi connectivity index (χ1n) is 6.75. The van der Waals surface area contributed by atoms with Crippen LogP contribution in [0.4, 0.5) is 74.6 Å². The van der Waals surface area contributed by atoms with Crippen LogP contribution < -0.4 is 0 Å². The fraction of sp³-hybridized carbons (Fsp3) is 0.412. The average molecular weight is 580 g/mol. The molecule has 0 heterocycles. The van der Waals surface area contributed by atoms with Gasteiger partial charge in [0.15, 0.2) is 5.83 Å². The minimum absolute atomic E-state index is 0. The van der Waals surface area contributed by atoms with E-state index in [0.717, 1.165) is 0 Å². The third kappa shape index (κ3) is 31.4. The lowest BCUT2D eigenvalue weighted by molar-refractivity contribution is -0.493. The maximum atomic E-state index is 13.0. The summed E-state index contributed by atoms with van der Waals surface area (Å²) in [7, 11) is -0.0914. The van der Waals surface area contributed by atoms with Gasteiger partial charge in [-0.3, -0.25) is 4.74 Å². The Kier molecular flexibility index (Phi) is 30.3. The second-order valence-electron chi connectivity index (χ2n) is 4.19. The Hall–Kier alpha value is -2.57. The van der Waals surface area contributed by atoms with Gasteiger partial charge in [-0.15, -0.1) is 0 Å². The molecule has 0 rings (SSSR count). The Balaban J connectivity index is -0.0000000765. The van der Waals surface area contributed by atoms with Crippen LogP contribution in [0.2, 0.25) is 0 Å². The summed E-state index contributed by atoms with van der Waals surface area (Å²) in [5.74, 6) is -9.14. The third-order valence-electron chi connectivity index (χ3n) is 1.58. The number of methoxy groups -OCH3 is 1. The predicted molar refractivity (Wildman–Crippen MR) is 97.0 cm³/mol. The van der Waals surface area contributed by atoms with Crippen LogP contribution in [0.15, 0.2) is 63.0 Å². The molecule has 0 fully saturated rings. The zero-order chi connectivity index (χ0) is 29.3. The van der Waals surface area contributed by atoms with E-state index in [-0.39, 0.29) is 22.0 Å². The van der Waals surface area contributed by atoms with E-state index in [1.807, 2.05) is 6.58 Å². The largest absolute Gasteiger partial charge is 0.458 e. The quantitative estimate of drug-likeness (QED) is 0.301. The van der Waals surface area contributed by atoms with Crippen molar-refractivity contribution in [3.8, 4) is 0 Å². The van der Waals surface area contributed by atoms with Crippen LogP contribution in [-0.4, -0.2) is 31.4 Å².